The number of ether oxygens (including phenoxy) is 3. The highest BCUT2D eigenvalue weighted by Crippen LogP contribution is 2.28. The summed E-state index contributed by atoms with van der Waals surface area (Å²) in [5.74, 6) is -0.541. The molecule has 2 aromatic rings. The summed E-state index contributed by atoms with van der Waals surface area (Å²) in [6.07, 6.45) is 1.68. The molecular weight excluding hydrogens is 386 g/mol. The van der Waals surface area contributed by atoms with Gasteiger partial charge >= 0.3 is 5.97 Å². The van der Waals surface area contributed by atoms with E-state index in [2.05, 4.69) is 5.32 Å². The Balaban J connectivity index is 1.84. The van der Waals surface area contributed by atoms with Crippen LogP contribution in [0, 0.1) is 0 Å². The van der Waals surface area contributed by atoms with Crippen molar-refractivity contribution in [3.8, 4) is 11.5 Å². The predicted molar refractivity (Wildman–Crippen MR) is 112 cm³/mol. The summed E-state index contributed by atoms with van der Waals surface area (Å²) < 4.78 is 15.6. The zero-order valence-corrected chi connectivity index (χ0v) is 17.5. The van der Waals surface area contributed by atoms with Crippen molar-refractivity contribution in [2.75, 3.05) is 20.3 Å². The van der Waals surface area contributed by atoms with E-state index in [-0.39, 0.29) is 24.3 Å². The lowest BCUT2D eigenvalue weighted by atomic mass is 10.0. The van der Waals surface area contributed by atoms with E-state index in [1.165, 1.54) is 20.1 Å². The quantitative estimate of drug-likeness (QED) is 0.448. The van der Waals surface area contributed by atoms with Gasteiger partial charge in [0.15, 0.2) is 30.5 Å². The van der Waals surface area contributed by atoms with Crippen LogP contribution in [0.25, 0.3) is 0 Å². The normalized spacial score (nSPS) is 11.3. The van der Waals surface area contributed by atoms with Crippen LogP contribution in [0.2, 0.25) is 0 Å². The largest absolute Gasteiger partial charge is 0.493 e. The van der Waals surface area contributed by atoms with Gasteiger partial charge in [-0.05, 0) is 37.1 Å². The number of carbonyl (C=O) groups is 3. The minimum Gasteiger partial charge on any atom is -0.493 e. The molecule has 0 bridgehead atoms. The fraction of sp³-hybridized carbons (Fsp3) is 0.348. The molecule has 1 N–H and O–H groups in total. The Bertz CT molecular complexity index is 865. The van der Waals surface area contributed by atoms with Crippen molar-refractivity contribution in [3.63, 3.8) is 0 Å². The lowest BCUT2D eigenvalue weighted by molar-refractivity contribution is -0.150. The number of amides is 1. The second kappa shape index (κ2) is 11.6. The number of benzene rings is 2. The van der Waals surface area contributed by atoms with Gasteiger partial charge in [0.1, 0.15) is 0 Å². The number of hydrogen-bond acceptors (Lipinski definition) is 6. The van der Waals surface area contributed by atoms with Crippen molar-refractivity contribution in [1.29, 1.82) is 0 Å². The lowest BCUT2D eigenvalue weighted by Crippen LogP contribution is -2.33. The Morgan fingerprint density at radius 1 is 1.00 bits per heavy atom. The first-order valence-corrected chi connectivity index (χ1v) is 9.76. The number of nitrogens with one attached hydrogen (secondary N) is 1. The van der Waals surface area contributed by atoms with Crippen LogP contribution in [0.3, 0.4) is 0 Å². The van der Waals surface area contributed by atoms with Crippen molar-refractivity contribution >= 4 is 17.7 Å². The number of Topliss-reactive ketones (excluding diaryl/α,β-unsaturated/α-hetero) is 1. The molecular formula is C23H27NO6. The van der Waals surface area contributed by atoms with Gasteiger partial charge in [-0.1, -0.05) is 43.7 Å². The summed E-state index contributed by atoms with van der Waals surface area (Å²) in [7, 11) is 1.44. The van der Waals surface area contributed by atoms with Crippen molar-refractivity contribution in [1.82, 2.24) is 5.32 Å². The molecule has 1 atom stereocenters. The number of ketones is 1. The molecule has 0 radical (unpaired) electrons. The number of esters is 1. The lowest BCUT2D eigenvalue weighted by Gasteiger charge is -2.18. The smallest absolute Gasteiger partial charge is 0.344 e. The zero-order chi connectivity index (χ0) is 21.9. The van der Waals surface area contributed by atoms with Gasteiger partial charge < -0.3 is 19.5 Å². The third-order valence-corrected chi connectivity index (χ3v) is 4.39. The first kappa shape index (κ1) is 22.9. The molecule has 0 aliphatic rings. The Morgan fingerprint density at radius 2 is 1.73 bits per heavy atom. The summed E-state index contributed by atoms with van der Waals surface area (Å²) in [4.78, 5) is 35.6. The molecule has 0 aromatic heterocycles. The van der Waals surface area contributed by atoms with E-state index < -0.39 is 12.6 Å². The summed E-state index contributed by atoms with van der Waals surface area (Å²) in [6, 6.07) is 14.2. The summed E-state index contributed by atoms with van der Waals surface area (Å²) in [5, 5.41) is 2.89. The molecule has 0 aliphatic heterocycles. The van der Waals surface area contributed by atoms with Crippen LogP contribution in [0.5, 0.6) is 11.5 Å². The second-order valence-corrected chi connectivity index (χ2v) is 6.69. The molecule has 0 fully saturated rings. The zero-order valence-electron chi connectivity index (χ0n) is 17.5. The Morgan fingerprint density at radius 3 is 2.37 bits per heavy atom. The van der Waals surface area contributed by atoms with E-state index in [1.54, 1.807) is 12.1 Å². The molecule has 0 spiro atoms. The van der Waals surface area contributed by atoms with Gasteiger partial charge in [-0.2, -0.15) is 0 Å². The molecule has 30 heavy (non-hydrogen) atoms. The third-order valence-electron chi connectivity index (χ3n) is 4.39. The van der Waals surface area contributed by atoms with E-state index >= 15 is 0 Å². The van der Waals surface area contributed by atoms with E-state index in [0.717, 1.165) is 18.4 Å². The highest BCUT2D eigenvalue weighted by molar-refractivity contribution is 5.94. The molecule has 1 amide bonds. The van der Waals surface area contributed by atoms with Crippen molar-refractivity contribution in [2.45, 2.75) is 32.7 Å². The maximum absolute atomic E-state index is 12.2. The fourth-order valence-electron chi connectivity index (χ4n) is 2.86. The predicted octanol–water partition coefficient (Wildman–Crippen LogP) is 3.48. The van der Waals surface area contributed by atoms with Crippen LogP contribution >= 0.6 is 0 Å². The number of methoxy groups -OCH3 is 1. The van der Waals surface area contributed by atoms with Gasteiger partial charge in [-0.3, -0.25) is 9.59 Å². The molecule has 7 heteroatoms. The molecule has 160 valence electrons. The Kier molecular flexibility index (Phi) is 8.87. The maximum Gasteiger partial charge on any atom is 0.344 e. The fourth-order valence-corrected chi connectivity index (χ4v) is 2.86. The van der Waals surface area contributed by atoms with Gasteiger partial charge in [0.2, 0.25) is 0 Å². The van der Waals surface area contributed by atoms with E-state index in [0.29, 0.717) is 17.1 Å². The highest BCUT2D eigenvalue weighted by Gasteiger charge is 2.16. The van der Waals surface area contributed by atoms with Crippen LogP contribution < -0.4 is 14.8 Å². The SMILES string of the molecule is CCC[C@H](NC(=O)COC(=O)COc1ccc(C(C)=O)cc1OC)c1ccccc1. The average Bonchev–Trinajstić information content (AvgIpc) is 2.76. The van der Waals surface area contributed by atoms with Crippen LogP contribution in [0.1, 0.15) is 48.7 Å². The van der Waals surface area contributed by atoms with Gasteiger partial charge in [-0.25, -0.2) is 4.79 Å². The van der Waals surface area contributed by atoms with Crippen molar-refractivity contribution < 1.29 is 28.6 Å². The molecule has 0 saturated carbocycles. The molecule has 7 nitrogen and oxygen atoms in total. The van der Waals surface area contributed by atoms with Gasteiger partial charge in [0.05, 0.1) is 13.2 Å². The van der Waals surface area contributed by atoms with Crippen molar-refractivity contribution in [3.05, 3.63) is 59.7 Å². The molecule has 0 unspecified atom stereocenters. The van der Waals surface area contributed by atoms with Gasteiger partial charge in [0, 0.05) is 5.56 Å². The molecule has 0 heterocycles. The summed E-state index contributed by atoms with van der Waals surface area (Å²) in [5.41, 5.74) is 1.47. The molecule has 0 saturated heterocycles. The topological polar surface area (TPSA) is 90.9 Å². The van der Waals surface area contributed by atoms with E-state index in [1.807, 2.05) is 37.3 Å². The first-order valence-electron chi connectivity index (χ1n) is 9.76. The Labute approximate surface area is 176 Å². The van der Waals surface area contributed by atoms with Crippen LogP contribution in [-0.4, -0.2) is 38.0 Å². The van der Waals surface area contributed by atoms with Crippen LogP contribution in [-0.2, 0) is 14.3 Å². The van der Waals surface area contributed by atoms with Gasteiger partial charge in [-0.15, -0.1) is 0 Å². The van der Waals surface area contributed by atoms with E-state index in [9.17, 15) is 14.4 Å². The number of carbonyl (C=O) groups excluding carboxylic acids is 3. The van der Waals surface area contributed by atoms with Crippen molar-refractivity contribution in [2.24, 2.45) is 0 Å². The van der Waals surface area contributed by atoms with Crippen LogP contribution in [0.15, 0.2) is 48.5 Å². The van der Waals surface area contributed by atoms with Gasteiger partial charge in [0.25, 0.3) is 5.91 Å². The minimum atomic E-state index is -0.686. The third kappa shape index (κ3) is 6.92. The maximum atomic E-state index is 12.2. The second-order valence-electron chi connectivity index (χ2n) is 6.69. The summed E-state index contributed by atoms with van der Waals surface area (Å²) >= 11 is 0. The first-order chi connectivity index (χ1) is 14.4. The highest BCUT2D eigenvalue weighted by atomic mass is 16.6. The monoisotopic (exact) mass is 413 g/mol. The average molecular weight is 413 g/mol. The van der Waals surface area contributed by atoms with E-state index in [4.69, 9.17) is 14.2 Å². The molecule has 2 rings (SSSR count). The minimum absolute atomic E-state index is 0.109. The standard InChI is InChI=1S/C23H27NO6/c1-4-8-19(17-9-6-5-7-10-17)24-22(26)14-30-23(27)15-29-20-12-11-18(16(2)25)13-21(20)28-3/h5-7,9-13,19H,4,8,14-15H2,1-3H3,(H,24,26)/t19-/m0/s1. The molecule has 0 aliphatic carbocycles. The Hall–Kier alpha value is -3.35. The number of hydrogen-bond donors (Lipinski definition) is 1. The van der Waals surface area contributed by atoms with Crippen LogP contribution in [0.4, 0.5) is 0 Å². The summed E-state index contributed by atoms with van der Waals surface area (Å²) in [6.45, 7) is 2.70. The molecule has 2 aromatic carbocycles. The number of rotatable bonds is 11.